The van der Waals surface area contributed by atoms with Crippen molar-refractivity contribution in [3.63, 3.8) is 0 Å². The molecule has 1 N–H and O–H groups in total. The molecular formula is C20H26N2O2. The quantitative estimate of drug-likeness (QED) is 0.914. The molecule has 1 heterocycles. The fourth-order valence-corrected chi connectivity index (χ4v) is 3.15. The van der Waals surface area contributed by atoms with Crippen molar-refractivity contribution >= 4 is 16.8 Å². The number of aliphatic hydroxyl groups excluding tert-OH is 1. The Hall–Kier alpha value is -1.94. The molecule has 0 radical (unpaired) electrons. The van der Waals surface area contributed by atoms with Gasteiger partial charge in [-0.25, -0.2) is 0 Å². The number of aromatic nitrogens is 1. The number of nitrogens with zero attached hydrogens (tertiary/aromatic N) is 2. The lowest BCUT2D eigenvalue weighted by molar-refractivity contribution is 0.0770. The number of rotatable bonds is 5. The van der Waals surface area contributed by atoms with Crippen LogP contribution in [0.25, 0.3) is 10.9 Å². The van der Waals surface area contributed by atoms with Crippen LogP contribution in [0.4, 0.5) is 0 Å². The minimum absolute atomic E-state index is 0.00921. The molecule has 1 fully saturated rings. The van der Waals surface area contributed by atoms with Crippen molar-refractivity contribution in [2.24, 2.45) is 0 Å². The smallest absolute Gasteiger partial charge is 0.254 e. The molecule has 1 aromatic carbocycles. The Morgan fingerprint density at radius 2 is 2.04 bits per heavy atom. The van der Waals surface area contributed by atoms with Gasteiger partial charge in [0.25, 0.3) is 5.91 Å². The molecule has 24 heavy (non-hydrogen) atoms. The number of pyridine rings is 1. The second-order valence-electron chi connectivity index (χ2n) is 7.21. The summed E-state index contributed by atoms with van der Waals surface area (Å²) in [5, 5.41) is 10.4. The van der Waals surface area contributed by atoms with Crippen LogP contribution >= 0.6 is 0 Å². The van der Waals surface area contributed by atoms with Crippen molar-refractivity contribution in [1.29, 1.82) is 0 Å². The van der Waals surface area contributed by atoms with Crippen molar-refractivity contribution < 1.29 is 9.90 Å². The lowest BCUT2D eigenvalue weighted by Crippen LogP contribution is -2.29. The highest BCUT2D eigenvalue weighted by Crippen LogP contribution is 2.40. The van der Waals surface area contributed by atoms with Crippen LogP contribution in [0.3, 0.4) is 0 Å². The fourth-order valence-electron chi connectivity index (χ4n) is 3.15. The molecule has 1 aliphatic carbocycles. The van der Waals surface area contributed by atoms with Crippen LogP contribution in [-0.4, -0.2) is 40.6 Å². The summed E-state index contributed by atoms with van der Waals surface area (Å²) in [7, 11) is 1.80. The summed E-state index contributed by atoms with van der Waals surface area (Å²) in [6.07, 6.45) is 2.50. The molecule has 3 rings (SSSR count). The van der Waals surface area contributed by atoms with E-state index in [9.17, 15) is 9.90 Å². The van der Waals surface area contributed by atoms with Gasteiger partial charge in [-0.05, 0) is 57.7 Å². The van der Waals surface area contributed by atoms with Crippen molar-refractivity contribution in [3.8, 4) is 0 Å². The average molecular weight is 326 g/mol. The van der Waals surface area contributed by atoms with E-state index in [-0.39, 0.29) is 5.91 Å². The molecular weight excluding hydrogens is 300 g/mol. The summed E-state index contributed by atoms with van der Waals surface area (Å²) in [4.78, 5) is 19.6. The van der Waals surface area contributed by atoms with Crippen LogP contribution in [0.1, 0.15) is 59.3 Å². The molecule has 0 spiro atoms. The summed E-state index contributed by atoms with van der Waals surface area (Å²) in [5.74, 6) is 0.513. The molecule has 0 bridgehead atoms. The predicted molar refractivity (Wildman–Crippen MR) is 96.5 cm³/mol. The van der Waals surface area contributed by atoms with Crippen molar-refractivity contribution in [3.05, 3.63) is 40.6 Å². The Balaban J connectivity index is 2.06. The molecule has 1 saturated carbocycles. The zero-order chi connectivity index (χ0) is 17.4. The van der Waals surface area contributed by atoms with E-state index >= 15 is 0 Å². The highest BCUT2D eigenvalue weighted by Gasteiger charge is 2.28. The van der Waals surface area contributed by atoms with Crippen molar-refractivity contribution in [2.75, 3.05) is 13.6 Å². The monoisotopic (exact) mass is 326 g/mol. The third-order valence-electron chi connectivity index (χ3n) is 4.72. The first kappa shape index (κ1) is 16.9. The third-order valence-corrected chi connectivity index (χ3v) is 4.72. The van der Waals surface area contributed by atoms with Gasteiger partial charge >= 0.3 is 0 Å². The Kier molecular flexibility index (Phi) is 4.59. The molecule has 1 atom stereocenters. The Bertz CT molecular complexity index is 779. The van der Waals surface area contributed by atoms with E-state index in [0.717, 1.165) is 46.1 Å². The molecule has 4 nitrogen and oxygen atoms in total. The maximum absolute atomic E-state index is 13.0. The van der Waals surface area contributed by atoms with Gasteiger partial charge in [-0.15, -0.1) is 0 Å². The van der Waals surface area contributed by atoms with E-state index in [1.807, 2.05) is 13.0 Å². The van der Waals surface area contributed by atoms with Gasteiger partial charge in [-0.2, -0.15) is 0 Å². The normalized spacial score (nSPS) is 15.5. The first-order chi connectivity index (χ1) is 11.4. The SMILES string of the molecule is Cc1cc(C)c2nc(C3CC3)cc(C(=O)N(C)CCC(C)O)c2c1. The Morgan fingerprint density at radius 3 is 2.67 bits per heavy atom. The number of hydrogen-bond donors (Lipinski definition) is 1. The average Bonchev–Trinajstić information content (AvgIpc) is 3.36. The van der Waals surface area contributed by atoms with E-state index in [1.54, 1.807) is 18.9 Å². The van der Waals surface area contributed by atoms with E-state index in [2.05, 4.69) is 19.1 Å². The summed E-state index contributed by atoms with van der Waals surface area (Å²) >= 11 is 0. The number of aliphatic hydroxyl groups is 1. The number of aryl methyl sites for hydroxylation is 2. The zero-order valence-electron chi connectivity index (χ0n) is 15.0. The van der Waals surface area contributed by atoms with E-state index in [1.165, 1.54) is 0 Å². The minimum atomic E-state index is -0.402. The van der Waals surface area contributed by atoms with Crippen LogP contribution in [0.5, 0.6) is 0 Å². The first-order valence-corrected chi connectivity index (χ1v) is 8.72. The third kappa shape index (κ3) is 3.44. The van der Waals surface area contributed by atoms with Gasteiger partial charge in [0.05, 0.1) is 17.2 Å². The van der Waals surface area contributed by atoms with Gasteiger partial charge in [0, 0.05) is 30.6 Å². The fraction of sp³-hybridized carbons (Fsp3) is 0.500. The lowest BCUT2D eigenvalue weighted by atomic mass is 10.00. The molecule has 4 heteroatoms. The maximum atomic E-state index is 13.0. The second-order valence-corrected chi connectivity index (χ2v) is 7.21. The molecule has 0 saturated heterocycles. The molecule has 1 aromatic heterocycles. The second kappa shape index (κ2) is 6.52. The maximum Gasteiger partial charge on any atom is 0.254 e. The van der Waals surface area contributed by atoms with E-state index in [0.29, 0.717) is 18.9 Å². The highest BCUT2D eigenvalue weighted by molar-refractivity contribution is 6.07. The van der Waals surface area contributed by atoms with Gasteiger partial charge in [0.1, 0.15) is 0 Å². The summed E-state index contributed by atoms with van der Waals surface area (Å²) in [6.45, 7) is 6.40. The topological polar surface area (TPSA) is 53.4 Å². The standard InChI is InChI=1S/C20H26N2O2/c1-12-9-13(2)19-16(10-12)17(11-18(21-19)15-5-6-15)20(24)22(4)8-7-14(3)23/h9-11,14-15,23H,5-8H2,1-4H3. The van der Waals surface area contributed by atoms with Crippen LogP contribution in [0.2, 0.25) is 0 Å². The number of benzene rings is 1. The first-order valence-electron chi connectivity index (χ1n) is 8.72. The van der Waals surface area contributed by atoms with Crippen LogP contribution in [-0.2, 0) is 0 Å². The highest BCUT2D eigenvalue weighted by atomic mass is 16.3. The number of carbonyl (C=O) groups excluding carboxylic acids is 1. The summed E-state index contributed by atoms with van der Waals surface area (Å²) in [5.41, 5.74) is 4.98. The Labute approximate surface area is 143 Å². The van der Waals surface area contributed by atoms with Crippen LogP contribution in [0.15, 0.2) is 18.2 Å². The summed E-state index contributed by atoms with van der Waals surface area (Å²) in [6, 6.07) is 6.17. The molecule has 128 valence electrons. The van der Waals surface area contributed by atoms with Gasteiger partial charge in [-0.3, -0.25) is 9.78 Å². The number of hydrogen-bond acceptors (Lipinski definition) is 3. The predicted octanol–water partition coefficient (Wildman–Crippen LogP) is 3.57. The lowest BCUT2D eigenvalue weighted by Gasteiger charge is -2.20. The Morgan fingerprint density at radius 1 is 1.33 bits per heavy atom. The van der Waals surface area contributed by atoms with Crippen LogP contribution < -0.4 is 0 Å². The van der Waals surface area contributed by atoms with Gasteiger partial charge in [-0.1, -0.05) is 11.6 Å². The van der Waals surface area contributed by atoms with Crippen LogP contribution in [0, 0.1) is 13.8 Å². The molecule has 1 aliphatic rings. The van der Waals surface area contributed by atoms with Gasteiger partial charge < -0.3 is 10.0 Å². The number of amides is 1. The minimum Gasteiger partial charge on any atom is -0.393 e. The number of carbonyl (C=O) groups is 1. The summed E-state index contributed by atoms with van der Waals surface area (Å²) < 4.78 is 0. The van der Waals surface area contributed by atoms with Crippen molar-refractivity contribution in [1.82, 2.24) is 9.88 Å². The molecule has 0 aliphatic heterocycles. The van der Waals surface area contributed by atoms with E-state index < -0.39 is 6.10 Å². The zero-order valence-corrected chi connectivity index (χ0v) is 15.0. The van der Waals surface area contributed by atoms with Crippen molar-refractivity contribution in [2.45, 2.75) is 52.1 Å². The molecule has 2 aromatic rings. The molecule has 1 unspecified atom stereocenters. The van der Waals surface area contributed by atoms with E-state index in [4.69, 9.17) is 4.98 Å². The largest absolute Gasteiger partial charge is 0.393 e. The van der Waals surface area contributed by atoms with Gasteiger partial charge in [0.15, 0.2) is 0 Å². The van der Waals surface area contributed by atoms with Gasteiger partial charge in [0.2, 0.25) is 0 Å². The number of fused-ring (bicyclic) bond motifs is 1. The molecule has 1 amide bonds.